The van der Waals surface area contributed by atoms with Gasteiger partial charge in [0.05, 0.1) is 13.0 Å². The van der Waals surface area contributed by atoms with Gasteiger partial charge in [-0.15, -0.1) is 0 Å². The lowest BCUT2D eigenvalue weighted by atomic mass is 10.1. The van der Waals surface area contributed by atoms with Gasteiger partial charge >= 0.3 is 5.97 Å². The predicted octanol–water partition coefficient (Wildman–Crippen LogP) is 3.10. The van der Waals surface area contributed by atoms with Gasteiger partial charge in [0.2, 0.25) is 0 Å². The number of carboxylic acid groups (broad SMARTS) is 1. The molecule has 0 saturated heterocycles. The first-order valence-electron chi connectivity index (χ1n) is 5.82. The predicted molar refractivity (Wildman–Crippen MR) is 67.6 cm³/mol. The van der Waals surface area contributed by atoms with Crippen LogP contribution in [0.15, 0.2) is 12.1 Å². The molecule has 0 fully saturated rings. The first-order chi connectivity index (χ1) is 7.90. The molecule has 0 aliphatic carbocycles. The fourth-order valence-corrected chi connectivity index (χ4v) is 1.98. The number of benzene rings is 1. The summed E-state index contributed by atoms with van der Waals surface area (Å²) in [7, 11) is 0. The van der Waals surface area contributed by atoms with Gasteiger partial charge in [-0.1, -0.05) is 24.6 Å². The molecule has 0 aliphatic rings. The molecule has 94 valence electrons. The summed E-state index contributed by atoms with van der Waals surface area (Å²) in [6.07, 6.45) is 0.143. The minimum atomic E-state index is -0.779. The zero-order valence-electron chi connectivity index (χ0n) is 10.9. The van der Waals surface area contributed by atoms with Crippen LogP contribution in [-0.2, 0) is 4.79 Å². The van der Waals surface area contributed by atoms with E-state index in [1.807, 2.05) is 20.8 Å². The summed E-state index contributed by atoms with van der Waals surface area (Å²) in [5.41, 5.74) is 3.42. The van der Waals surface area contributed by atoms with Gasteiger partial charge < -0.3 is 9.84 Å². The molecule has 3 nitrogen and oxygen atoms in total. The van der Waals surface area contributed by atoms with Crippen LogP contribution in [0.2, 0.25) is 0 Å². The Balaban J connectivity index is 2.66. The summed E-state index contributed by atoms with van der Waals surface area (Å²) in [5.74, 6) is 0.124. The van der Waals surface area contributed by atoms with E-state index in [2.05, 4.69) is 19.1 Å². The van der Waals surface area contributed by atoms with Crippen molar-refractivity contribution in [3.05, 3.63) is 28.8 Å². The first-order valence-corrected chi connectivity index (χ1v) is 5.82. The topological polar surface area (TPSA) is 46.5 Å². The molecule has 3 heteroatoms. The summed E-state index contributed by atoms with van der Waals surface area (Å²) in [6, 6.07) is 4.15. The molecule has 0 spiro atoms. The highest BCUT2D eigenvalue weighted by Gasteiger charge is 2.10. The van der Waals surface area contributed by atoms with Crippen LogP contribution in [0.25, 0.3) is 0 Å². The van der Waals surface area contributed by atoms with Crippen LogP contribution in [0.5, 0.6) is 5.75 Å². The Hall–Kier alpha value is -1.51. The molecule has 1 rings (SSSR count). The zero-order chi connectivity index (χ0) is 13.0. The Morgan fingerprint density at radius 1 is 1.29 bits per heavy atom. The third kappa shape index (κ3) is 4.10. The molecule has 1 atom stereocenters. The van der Waals surface area contributed by atoms with Crippen molar-refractivity contribution in [3.8, 4) is 5.75 Å². The second-order valence-electron chi connectivity index (χ2n) is 4.74. The summed E-state index contributed by atoms with van der Waals surface area (Å²) in [6.45, 7) is 8.40. The quantitative estimate of drug-likeness (QED) is 0.854. The van der Waals surface area contributed by atoms with E-state index < -0.39 is 5.97 Å². The van der Waals surface area contributed by atoms with Crippen LogP contribution >= 0.6 is 0 Å². The van der Waals surface area contributed by atoms with Gasteiger partial charge in [-0.05, 0) is 31.9 Å². The zero-order valence-corrected chi connectivity index (χ0v) is 10.9. The molecule has 0 bridgehead atoms. The fourth-order valence-electron chi connectivity index (χ4n) is 1.98. The number of carbonyl (C=O) groups is 1. The van der Waals surface area contributed by atoms with E-state index >= 15 is 0 Å². The van der Waals surface area contributed by atoms with Gasteiger partial charge in [0.1, 0.15) is 5.75 Å². The SMILES string of the molecule is Cc1cc(C)c(OCC(C)CC(=O)O)c(C)c1. The minimum Gasteiger partial charge on any atom is -0.493 e. The molecule has 0 aromatic heterocycles. The number of hydrogen-bond acceptors (Lipinski definition) is 2. The molecular formula is C14H20O3. The van der Waals surface area contributed by atoms with Gasteiger partial charge in [-0.2, -0.15) is 0 Å². The van der Waals surface area contributed by atoms with Gasteiger partial charge in [0, 0.05) is 5.92 Å². The number of hydrogen-bond donors (Lipinski definition) is 1. The van der Waals surface area contributed by atoms with Crippen LogP contribution in [-0.4, -0.2) is 17.7 Å². The Morgan fingerprint density at radius 2 is 1.82 bits per heavy atom. The van der Waals surface area contributed by atoms with E-state index in [1.165, 1.54) is 5.56 Å². The molecule has 1 N–H and O–H groups in total. The number of aliphatic carboxylic acids is 1. The maximum Gasteiger partial charge on any atom is 0.303 e. The van der Waals surface area contributed by atoms with Crippen molar-refractivity contribution >= 4 is 5.97 Å². The second-order valence-corrected chi connectivity index (χ2v) is 4.74. The number of ether oxygens (including phenoxy) is 1. The number of aryl methyl sites for hydroxylation is 3. The lowest BCUT2D eigenvalue weighted by Gasteiger charge is -2.15. The maximum atomic E-state index is 10.5. The summed E-state index contributed by atoms with van der Waals surface area (Å²) < 4.78 is 5.72. The van der Waals surface area contributed by atoms with E-state index in [9.17, 15) is 4.79 Å². The highest BCUT2D eigenvalue weighted by molar-refractivity contribution is 5.66. The van der Waals surface area contributed by atoms with Crippen molar-refractivity contribution in [1.29, 1.82) is 0 Å². The Bertz CT molecular complexity index is 387. The van der Waals surface area contributed by atoms with Crippen molar-refractivity contribution in [2.75, 3.05) is 6.61 Å². The maximum absolute atomic E-state index is 10.5. The van der Waals surface area contributed by atoms with Crippen LogP contribution in [0.4, 0.5) is 0 Å². The third-order valence-electron chi connectivity index (χ3n) is 2.64. The van der Waals surface area contributed by atoms with Crippen LogP contribution in [0.3, 0.4) is 0 Å². The fraction of sp³-hybridized carbons (Fsp3) is 0.500. The summed E-state index contributed by atoms with van der Waals surface area (Å²) in [4.78, 5) is 10.5. The molecular weight excluding hydrogens is 216 g/mol. The largest absolute Gasteiger partial charge is 0.493 e. The average Bonchev–Trinajstić information content (AvgIpc) is 2.14. The van der Waals surface area contributed by atoms with E-state index in [0.717, 1.165) is 16.9 Å². The van der Waals surface area contributed by atoms with Gasteiger partial charge in [0.25, 0.3) is 0 Å². The highest BCUT2D eigenvalue weighted by atomic mass is 16.5. The summed E-state index contributed by atoms with van der Waals surface area (Å²) >= 11 is 0. The van der Waals surface area contributed by atoms with Crippen LogP contribution in [0, 0.1) is 26.7 Å². The molecule has 1 aromatic carbocycles. The van der Waals surface area contributed by atoms with Crippen molar-refractivity contribution < 1.29 is 14.6 Å². The molecule has 0 aliphatic heterocycles. The third-order valence-corrected chi connectivity index (χ3v) is 2.64. The molecule has 1 aromatic rings. The van der Waals surface area contributed by atoms with Crippen molar-refractivity contribution in [1.82, 2.24) is 0 Å². The standard InChI is InChI=1S/C14H20O3/c1-9-5-11(3)14(12(4)6-9)17-8-10(2)7-13(15)16/h5-6,10H,7-8H2,1-4H3,(H,15,16). The first kappa shape index (κ1) is 13.6. The molecule has 0 heterocycles. The Labute approximate surface area is 102 Å². The Kier molecular flexibility index (Phi) is 4.55. The highest BCUT2D eigenvalue weighted by Crippen LogP contribution is 2.25. The van der Waals surface area contributed by atoms with Gasteiger partial charge in [0.15, 0.2) is 0 Å². The van der Waals surface area contributed by atoms with E-state index in [1.54, 1.807) is 0 Å². The molecule has 1 unspecified atom stereocenters. The normalized spacial score (nSPS) is 12.2. The van der Waals surface area contributed by atoms with Gasteiger partial charge in [-0.25, -0.2) is 0 Å². The van der Waals surface area contributed by atoms with Crippen molar-refractivity contribution in [2.45, 2.75) is 34.1 Å². The van der Waals surface area contributed by atoms with Gasteiger partial charge in [-0.3, -0.25) is 4.79 Å². The van der Waals surface area contributed by atoms with Crippen molar-refractivity contribution in [3.63, 3.8) is 0 Å². The molecule has 0 saturated carbocycles. The van der Waals surface area contributed by atoms with E-state index in [0.29, 0.717) is 6.61 Å². The van der Waals surface area contributed by atoms with E-state index in [4.69, 9.17) is 9.84 Å². The molecule has 0 radical (unpaired) electrons. The minimum absolute atomic E-state index is 0.0209. The van der Waals surface area contributed by atoms with Crippen molar-refractivity contribution in [2.24, 2.45) is 5.92 Å². The average molecular weight is 236 g/mol. The summed E-state index contributed by atoms with van der Waals surface area (Å²) in [5, 5.41) is 8.67. The van der Waals surface area contributed by atoms with E-state index in [-0.39, 0.29) is 12.3 Å². The smallest absolute Gasteiger partial charge is 0.303 e. The molecule has 17 heavy (non-hydrogen) atoms. The lowest BCUT2D eigenvalue weighted by molar-refractivity contribution is -0.138. The molecule has 0 amide bonds. The second kappa shape index (κ2) is 5.71. The number of carboxylic acids is 1. The number of rotatable bonds is 5. The van der Waals surface area contributed by atoms with Crippen LogP contribution < -0.4 is 4.74 Å². The van der Waals surface area contributed by atoms with Crippen LogP contribution in [0.1, 0.15) is 30.0 Å². The monoisotopic (exact) mass is 236 g/mol. The lowest BCUT2D eigenvalue weighted by Crippen LogP contribution is -2.13. The Morgan fingerprint density at radius 3 is 2.29 bits per heavy atom.